The van der Waals surface area contributed by atoms with Crippen LogP contribution < -0.4 is 5.32 Å². The van der Waals surface area contributed by atoms with Crippen molar-refractivity contribution in [1.82, 2.24) is 10.2 Å². The molecule has 1 atom stereocenters. The van der Waals surface area contributed by atoms with E-state index >= 15 is 0 Å². The van der Waals surface area contributed by atoms with Crippen LogP contribution in [0.15, 0.2) is 0 Å². The highest BCUT2D eigenvalue weighted by Gasteiger charge is 2.16. The Morgan fingerprint density at radius 2 is 1.94 bits per heavy atom. The minimum atomic E-state index is -0.0660. The third-order valence-corrected chi connectivity index (χ3v) is 2.79. The summed E-state index contributed by atoms with van der Waals surface area (Å²) in [6, 6.07) is 0.0963. The molecule has 0 saturated heterocycles. The SMILES string of the molecule is CCCCN(CCO)C(=O)NC(C)C(C)C. The molecule has 0 aromatic rings. The molecule has 96 valence electrons. The van der Waals surface area contributed by atoms with Crippen molar-refractivity contribution in [2.75, 3.05) is 19.7 Å². The zero-order chi connectivity index (χ0) is 12.6. The van der Waals surface area contributed by atoms with Gasteiger partial charge in [0, 0.05) is 19.1 Å². The zero-order valence-electron chi connectivity index (χ0n) is 11.0. The van der Waals surface area contributed by atoms with Crippen LogP contribution in [0.1, 0.15) is 40.5 Å². The van der Waals surface area contributed by atoms with Gasteiger partial charge in [-0.05, 0) is 19.3 Å². The number of aliphatic hydroxyl groups is 1. The van der Waals surface area contributed by atoms with E-state index in [1.165, 1.54) is 0 Å². The van der Waals surface area contributed by atoms with Crippen LogP contribution in [0.5, 0.6) is 0 Å². The molecule has 0 heterocycles. The van der Waals surface area contributed by atoms with Crippen molar-refractivity contribution >= 4 is 6.03 Å². The summed E-state index contributed by atoms with van der Waals surface area (Å²) in [6.45, 7) is 9.39. The maximum absolute atomic E-state index is 11.9. The summed E-state index contributed by atoms with van der Waals surface area (Å²) in [5, 5.41) is 11.9. The minimum absolute atomic E-state index is 0.0210. The van der Waals surface area contributed by atoms with E-state index in [4.69, 9.17) is 5.11 Å². The van der Waals surface area contributed by atoms with E-state index < -0.39 is 0 Å². The molecule has 0 aliphatic rings. The predicted molar refractivity (Wildman–Crippen MR) is 66.4 cm³/mol. The molecule has 0 radical (unpaired) electrons. The highest BCUT2D eigenvalue weighted by Crippen LogP contribution is 2.02. The van der Waals surface area contributed by atoms with Crippen molar-refractivity contribution < 1.29 is 9.90 Å². The van der Waals surface area contributed by atoms with E-state index in [0.717, 1.165) is 12.8 Å². The molecule has 2 amide bonds. The molecule has 0 aliphatic carbocycles. The van der Waals surface area contributed by atoms with Crippen LogP contribution in [0.25, 0.3) is 0 Å². The quantitative estimate of drug-likeness (QED) is 0.701. The molecule has 0 fully saturated rings. The molecule has 16 heavy (non-hydrogen) atoms. The molecule has 0 bridgehead atoms. The first-order valence-electron chi connectivity index (χ1n) is 6.19. The molecule has 4 nitrogen and oxygen atoms in total. The number of hydrogen-bond acceptors (Lipinski definition) is 2. The van der Waals surface area contributed by atoms with Gasteiger partial charge in [-0.25, -0.2) is 4.79 Å². The van der Waals surface area contributed by atoms with E-state index in [-0.39, 0.29) is 18.7 Å². The Bertz CT molecular complexity index is 195. The van der Waals surface area contributed by atoms with Crippen LogP contribution in [0, 0.1) is 5.92 Å². The van der Waals surface area contributed by atoms with Crippen LogP contribution in [-0.4, -0.2) is 41.8 Å². The average Bonchev–Trinajstić information content (AvgIpc) is 2.23. The van der Waals surface area contributed by atoms with E-state index in [2.05, 4.69) is 26.1 Å². The Kier molecular flexibility index (Phi) is 7.99. The van der Waals surface area contributed by atoms with E-state index in [0.29, 0.717) is 19.0 Å². The number of nitrogens with zero attached hydrogens (tertiary/aromatic N) is 1. The predicted octanol–water partition coefficient (Wildman–Crippen LogP) is 1.83. The topological polar surface area (TPSA) is 52.6 Å². The lowest BCUT2D eigenvalue weighted by Gasteiger charge is -2.25. The van der Waals surface area contributed by atoms with Gasteiger partial charge in [-0.1, -0.05) is 27.2 Å². The number of aliphatic hydroxyl groups excluding tert-OH is 1. The fraction of sp³-hybridized carbons (Fsp3) is 0.917. The van der Waals surface area contributed by atoms with Gasteiger partial charge in [0.05, 0.1) is 6.61 Å². The Balaban J connectivity index is 4.15. The number of nitrogens with one attached hydrogen (secondary N) is 1. The average molecular weight is 230 g/mol. The van der Waals surface area contributed by atoms with Gasteiger partial charge >= 0.3 is 6.03 Å². The monoisotopic (exact) mass is 230 g/mol. The van der Waals surface area contributed by atoms with Gasteiger partial charge < -0.3 is 15.3 Å². The summed E-state index contributed by atoms with van der Waals surface area (Å²) in [7, 11) is 0. The van der Waals surface area contributed by atoms with E-state index in [1.54, 1.807) is 4.90 Å². The number of unbranched alkanes of at least 4 members (excludes halogenated alkanes) is 1. The van der Waals surface area contributed by atoms with Crippen LogP contribution in [0.4, 0.5) is 4.79 Å². The molecule has 0 spiro atoms. The maximum atomic E-state index is 11.9. The van der Waals surface area contributed by atoms with Gasteiger partial charge in [0.2, 0.25) is 0 Å². The third kappa shape index (κ3) is 5.95. The van der Waals surface area contributed by atoms with E-state index in [9.17, 15) is 4.79 Å². The van der Waals surface area contributed by atoms with Gasteiger partial charge in [-0.15, -0.1) is 0 Å². The fourth-order valence-electron chi connectivity index (χ4n) is 1.24. The van der Waals surface area contributed by atoms with Crippen molar-refractivity contribution in [3.63, 3.8) is 0 Å². The Morgan fingerprint density at radius 1 is 1.31 bits per heavy atom. The second-order valence-electron chi connectivity index (χ2n) is 4.55. The van der Waals surface area contributed by atoms with Gasteiger partial charge in [0.15, 0.2) is 0 Å². The first kappa shape index (κ1) is 15.2. The molecular weight excluding hydrogens is 204 g/mol. The summed E-state index contributed by atoms with van der Waals surface area (Å²) < 4.78 is 0. The number of carbonyl (C=O) groups excluding carboxylic acids is 1. The van der Waals surface area contributed by atoms with Gasteiger partial charge in [0.1, 0.15) is 0 Å². The molecular formula is C12H26N2O2. The van der Waals surface area contributed by atoms with Gasteiger partial charge in [0.25, 0.3) is 0 Å². The Morgan fingerprint density at radius 3 is 2.38 bits per heavy atom. The molecule has 4 heteroatoms. The highest BCUT2D eigenvalue weighted by atomic mass is 16.3. The highest BCUT2D eigenvalue weighted by molar-refractivity contribution is 5.74. The van der Waals surface area contributed by atoms with Crippen LogP contribution in [-0.2, 0) is 0 Å². The minimum Gasteiger partial charge on any atom is -0.395 e. The molecule has 0 aromatic carbocycles. The summed E-state index contributed by atoms with van der Waals surface area (Å²) in [5.41, 5.74) is 0. The Labute approximate surface area is 99.0 Å². The number of rotatable bonds is 7. The summed E-state index contributed by atoms with van der Waals surface area (Å²) in [6.07, 6.45) is 2.03. The largest absolute Gasteiger partial charge is 0.395 e. The normalized spacial score (nSPS) is 12.6. The number of amides is 2. The molecule has 1 unspecified atom stereocenters. The lowest BCUT2D eigenvalue weighted by molar-refractivity contribution is 0.171. The van der Waals surface area contributed by atoms with Crippen LogP contribution >= 0.6 is 0 Å². The van der Waals surface area contributed by atoms with Gasteiger partial charge in [-0.2, -0.15) is 0 Å². The summed E-state index contributed by atoms with van der Waals surface area (Å²) in [5.74, 6) is 0.422. The number of urea groups is 1. The van der Waals surface area contributed by atoms with Crippen molar-refractivity contribution in [3.05, 3.63) is 0 Å². The molecule has 0 aliphatic heterocycles. The summed E-state index contributed by atoms with van der Waals surface area (Å²) in [4.78, 5) is 13.5. The van der Waals surface area contributed by atoms with Gasteiger partial charge in [-0.3, -0.25) is 0 Å². The molecule has 2 N–H and O–H groups in total. The zero-order valence-corrected chi connectivity index (χ0v) is 11.0. The fourth-order valence-corrected chi connectivity index (χ4v) is 1.24. The lowest BCUT2D eigenvalue weighted by atomic mass is 10.1. The van der Waals surface area contributed by atoms with Crippen molar-refractivity contribution in [2.24, 2.45) is 5.92 Å². The second kappa shape index (κ2) is 8.39. The maximum Gasteiger partial charge on any atom is 0.317 e. The first-order chi connectivity index (χ1) is 7.52. The molecule has 0 saturated carbocycles. The molecule has 0 rings (SSSR count). The third-order valence-electron chi connectivity index (χ3n) is 2.79. The van der Waals surface area contributed by atoms with Crippen molar-refractivity contribution in [2.45, 2.75) is 46.6 Å². The smallest absolute Gasteiger partial charge is 0.317 e. The van der Waals surface area contributed by atoms with Crippen molar-refractivity contribution in [3.8, 4) is 0 Å². The van der Waals surface area contributed by atoms with Crippen LogP contribution in [0.2, 0.25) is 0 Å². The lowest BCUT2D eigenvalue weighted by Crippen LogP contribution is -2.46. The first-order valence-corrected chi connectivity index (χ1v) is 6.19. The van der Waals surface area contributed by atoms with Crippen LogP contribution in [0.3, 0.4) is 0 Å². The number of hydrogen-bond donors (Lipinski definition) is 2. The second-order valence-corrected chi connectivity index (χ2v) is 4.55. The molecule has 0 aromatic heterocycles. The van der Waals surface area contributed by atoms with E-state index in [1.807, 2.05) is 6.92 Å². The Hall–Kier alpha value is -0.770. The summed E-state index contributed by atoms with van der Waals surface area (Å²) >= 11 is 0. The standard InChI is InChI=1S/C12H26N2O2/c1-5-6-7-14(8-9-15)12(16)13-11(4)10(2)3/h10-11,15H,5-9H2,1-4H3,(H,13,16). The number of carbonyl (C=O) groups is 1. The van der Waals surface area contributed by atoms with Crippen molar-refractivity contribution in [1.29, 1.82) is 0 Å².